The number of carbonyl (C=O) groups excluding carboxylic acids is 2. The molecule has 0 unspecified atom stereocenters. The molecule has 1 aromatic rings. The first-order valence-corrected chi connectivity index (χ1v) is 5.26. The van der Waals surface area contributed by atoms with E-state index in [9.17, 15) is 9.59 Å². The van der Waals surface area contributed by atoms with Gasteiger partial charge in [0.2, 0.25) is 11.0 Å². The van der Waals surface area contributed by atoms with E-state index in [0.29, 0.717) is 9.09 Å². The lowest BCUT2D eigenvalue weighted by molar-refractivity contribution is -0.141. The maximum atomic E-state index is 11.2. The summed E-state index contributed by atoms with van der Waals surface area (Å²) in [5, 5.41) is 9.17. The highest BCUT2D eigenvalue weighted by Crippen LogP contribution is 2.11. The van der Waals surface area contributed by atoms with Crippen LogP contribution in [0.15, 0.2) is 0 Å². The number of aromatic nitrogens is 2. The number of anilines is 1. The lowest BCUT2D eigenvalue weighted by atomic mass is 10.3. The van der Waals surface area contributed by atoms with E-state index in [1.165, 1.54) is 7.11 Å². The van der Waals surface area contributed by atoms with Crippen molar-refractivity contribution in [2.24, 2.45) is 0 Å². The highest BCUT2D eigenvalue weighted by Gasteiger charge is 2.08. The van der Waals surface area contributed by atoms with Crippen LogP contribution in [0, 0.1) is 3.95 Å². The molecule has 0 bridgehead atoms. The quantitative estimate of drug-likeness (QED) is 0.614. The van der Waals surface area contributed by atoms with Crippen molar-refractivity contribution in [3.05, 3.63) is 3.95 Å². The molecular weight excluding hydrogens is 238 g/mol. The molecule has 0 aliphatic carbocycles. The van der Waals surface area contributed by atoms with Gasteiger partial charge in [0.25, 0.3) is 0 Å². The number of H-pyrrole nitrogens is 1. The van der Waals surface area contributed by atoms with E-state index in [0.717, 1.165) is 11.3 Å². The highest BCUT2D eigenvalue weighted by molar-refractivity contribution is 7.73. The van der Waals surface area contributed by atoms with Crippen molar-refractivity contribution in [3.63, 3.8) is 0 Å². The van der Waals surface area contributed by atoms with Crippen molar-refractivity contribution in [2.75, 3.05) is 12.4 Å². The normalized spacial score (nSPS) is 9.67. The summed E-state index contributed by atoms with van der Waals surface area (Å²) >= 11 is 5.94. The molecule has 0 saturated heterocycles. The van der Waals surface area contributed by atoms with E-state index in [1.807, 2.05) is 0 Å². The van der Waals surface area contributed by atoms with Crippen LogP contribution in [0.3, 0.4) is 0 Å². The number of hydrogen-bond acceptors (Lipinski definition) is 6. The fraction of sp³-hybridized carbons (Fsp3) is 0.429. The summed E-state index contributed by atoms with van der Waals surface area (Å²) in [7, 11) is 1.28. The number of rotatable bonds is 4. The summed E-state index contributed by atoms with van der Waals surface area (Å²) in [6, 6.07) is 0. The first-order valence-electron chi connectivity index (χ1n) is 4.04. The van der Waals surface area contributed by atoms with Gasteiger partial charge in [-0.05, 0) is 12.2 Å². The van der Waals surface area contributed by atoms with E-state index in [4.69, 9.17) is 12.2 Å². The van der Waals surface area contributed by atoms with Crippen LogP contribution in [0.25, 0.3) is 0 Å². The van der Waals surface area contributed by atoms with Gasteiger partial charge in [-0.15, -0.1) is 5.10 Å². The van der Waals surface area contributed by atoms with Gasteiger partial charge in [0.1, 0.15) is 0 Å². The smallest absolute Gasteiger partial charge is 0.306 e. The van der Waals surface area contributed by atoms with Crippen molar-refractivity contribution >= 4 is 40.6 Å². The zero-order valence-electron chi connectivity index (χ0n) is 7.90. The zero-order valence-corrected chi connectivity index (χ0v) is 9.54. The number of amides is 1. The third-order valence-corrected chi connectivity index (χ3v) is 2.47. The Morgan fingerprint density at radius 1 is 1.60 bits per heavy atom. The summed E-state index contributed by atoms with van der Waals surface area (Å²) in [6.45, 7) is 0. The Morgan fingerprint density at radius 3 is 2.87 bits per heavy atom. The molecule has 0 atom stereocenters. The van der Waals surface area contributed by atoms with Gasteiger partial charge in [0.05, 0.1) is 13.5 Å². The maximum absolute atomic E-state index is 11.2. The van der Waals surface area contributed by atoms with Gasteiger partial charge in [-0.1, -0.05) is 11.3 Å². The van der Waals surface area contributed by atoms with Crippen LogP contribution in [-0.4, -0.2) is 29.2 Å². The van der Waals surface area contributed by atoms with Gasteiger partial charge in [0.15, 0.2) is 3.95 Å². The van der Waals surface area contributed by atoms with E-state index in [2.05, 4.69) is 20.3 Å². The Morgan fingerprint density at radius 2 is 2.33 bits per heavy atom. The molecule has 1 heterocycles. The minimum Gasteiger partial charge on any atom is -0.469 e. The number of methoxy groups -OCH3 is 1. The minimum atomic E-state index is -0.417. The molecule has 2 N–H and O–H groups in total. The largest absolute Gasteiger partial charge is 0.469 e. The Hall–Kier alpha value is -1.28. The highest BCUT2D eigenvalue weighted by atomic mass is 32.1. The van der Waals surface area contributed by atoms with Gasteiger partial charge in [-0.25, -0.2) is 0 Å². The lowest BCUT2D eigenvalue weighted by Crippen LogP contribution is -2.13. The third kappa shape index (κ3) is 4.17. The van der Waals surface area contributed by atoms with Gasteiger partial charge in [-0.2, -0.15) is 0 Å². The van der Waals surface area contributed by atoms with Crippen LogP contribution in [0.1, 0.15) is 12.8 Å². The van der Waals surface area contributed by atoms with E-state index in [-0.39, 0.29) is 18.7 Å². The molecule has 0 aromatic carbocycles. The molecular formula is C7H9N3O3S2. The molecule has 6 nitrogen and oxygen atoms in total. The summed E-state index contributed by atoms with van der Waals surface area (Å²) in [5.74, 6) is -0.710. The molecule has 1 rings (SSSR count). The fourth-order valence-corrected chi connectivity index (χ4v) is 1.59. The van der Waals surface area contributed by atoms with Crippen LogP contribution in [0.4, 0.5) is 5.13 Å². The monoisotopic (exact) mass is 247 g/mol. The second-order valence-electron chi connectivity index (χ2n) is 2.54. The average molecular weight is 247 g/mol. The number of ether oxygens (including phenoxy) is 1. The van der Waals surface area contributed by atoms with Gasteiger partial charge < -0.3 is 10.1 Å². The number of nitrogens with zero attached hydrogens (tertiary/aromatic N) is 1. The predicted octanol–water partition coefficient (Wildman–Crippen LogP) is 1.09. The van der Waals surface area contributed by atoms with Crippen LogP contribution < -0.4 is 5.32 Å². The Bertz CT molecular complexity index is 412. The molecule has 0 fully saturated rings. The number of aromatic amines is 1. The zero-order chi connectivity index (χ0) is 11.3. The number of hydrogen-bond donors (Lipinski definition) is 2. The molecule has 15 heavy (non-hydrogen) atoms. The summed E-state index contributed by atoms with van der Waals surface area (Å²) in [5.41, 5.74) is 0. The van der Waals surface area contributed by atoms with Crippen LogP contribution in [0.2, 0.25) is 0 Å². The van der Waals surface area contributed by atoms with E-state index >= 15 is 0 Å². The second-order valence-corrected chi connectivity index (χ2v) is 4.21. The van der Waals surface area contributed by atoms with Crippen LogP contribution in [0.5, 0.6) is 0 Å². The molecule has 1 amide bonds. The van der Waals surface area contributed by atoms with Gasteiger partial charge in [0, 0.05) is 6.42 Å². The van der Waals surface area contributed by atoms with Crippen molar-refractivity contribution < 1.29 is 14.3 Å². The fourth-order valence-electron chi connectivity index (χ4n) is 0.783. The third-order valence-electron chi connectivity index (χ3n) is 1.47. The summed E-state index contributed by atoms with van der Waals surface area (Å²) in [6.07, 6.45) is 0.122. The maximum Gasteiger partial charge on any atom is 0.306 e. The van der Waals surface area contributed by atoms with Crippen LogP contribution >= 0.6 is 23.6 Å². The first-order chi connectivity index (χ1) is 7.11. The second kappa shape index (κ2) is 5.56. The standard InChI is InChI=1S/C7H9N3O3S2/c1-13-5(12)3-2-4(11)8-6-9-10-7(14)15-6/h2-3H2,1H3,(H,10,14)(H,8,9,11). The molecule has 0 spiro atoms. The van der Waals surface area contributed by atoms with Crippen molar-refractivity contribution in [3.8, 4) is 0 Å². The molecule has 0 aliphatic rings. The number of carbonyl (C=O) groups is 2. The molecule has 0 radical (unpaired) electrons. The van der Waals surface area contributed by atoms with Crippen molar-refractivity contribution in [1.29, 1.82) is 0 Å². The Balaban J connectivity index is 2.36. The topological polar surface area (TPSA) is 84.1 Å². The first kappa shape index (κ1) is 11.8. The Kier molecular flexibility index (Phi) is 4.37. The predicted molar refractivity (Wildman–Crippen MR) is 57.2 cm³/mol. The number of esters is 1. The molecule has 0 aliphatic heterocycles. The SMILES string of the molecule is COC(=O)CCC(=O)Nc1n[nH]c(=S)s1. The van der Waals surface area contributed by atoms with E-state index < -0.39 is 5.97 Å². The van der Waals surface area contributed by atoms with Crippen molar-refractivity contribution in [1.82, 2.24) is 10.2 Å². The number of nitrogens with one attached hydrogen (secondary N) is 2. The average Bonchev–Trinajstić information content (AvgIpc) is 2.60. The van der Waals surface area contributed by atoms with Gasteiger partial charge >= 0.3 is 5.97 Å². The summed E-state index contributed by atoms with van der Waals surface area (Å²) in [4.78, 5) is 22.0. The van der Waals surface area contributed by atoms with Crippen LogP contribution in [-0.2, 0) is 14.3 Å². The minimum absolute atomic E-state index is 0.0537. The molecule has 1 aromatic heterocycles. The van der Waals surface area contributed by atoms with Gasteiger partial charge in [-0.3, -0.25) is 14.7 Å². The van der Waals surface area contributed by atoms with Crippen molar-refractivity contribution in [2.45, 2.75) is 12.8 Å². The molecule has 0 saturated carbocycles. The molecule has 8 heteroatoms. The van der Waals surface area contributed by atoms with E-state index in [1.54, 1.807) is 0 Å². The lowest BCUT2D eigenvalue weighted by Gasteiger charge is -1.99. The molecule has 82 valence electrons. The Labute approximate surface area is 94.6 Å². The summed E-state index contributed by atoms with van der Waals surface area (Å²) < 4.78 is 4.88.